The summed E-state index contributed by atoms with van der Waals surface area (Å²) in [5, 5.41) is 44.2. The van der Waals surface area contributed by atoms with Gasteiger partial charge in [-0.3, -0.25) is 0 Å². The molecule has 1 saturated carbocycles. The van der Waals surface area contributed by atoms with E-state index in [1.165, 1.54) is 48.5 Å². The number of rotatable bonds is 15. The predicted molar refractivity (Wildman–Crippen MR) is 177 cm³/mol. The molecule has 2 aromatic rings. The van der Waals surface area contributed by atoms with Crippen LogP contribution in [0.1, 0.15) is 19.8 Å². The van der Waals surface area contributed by atoms with Gasteiger partial charge in [-0.15, -0.1) is 0 Å². The van der Waals surface area contributed by atoms with Crippen LogP contribution in [-0.2, 0) is 34.3 Å². The van der Waals surface area contributed by atoms with E-state index >= 15 is 0 Å². The molecule has 1 fully saturated rings. The average molecular weight is 730 g/mol. The van der Waals surface area contributed by atoms with Crippen molar-refractivity contribution in [1.29, 1.82) is 0 Å². The van der Waals surface area contributed by atoms with Crippen LogP contribution in [0.25, 0.3) is 0 Å². The zero-order valence-corrected chi connectivity index (χ0v) is 28.9. The highest BCUT2D eigenvalue weighted by atomic mass is 32.2. The summed E-state index contributed by atoms with van der Waals surface area (Å²) in [5.41, 5.74) is 16.2. The van der Waals surface area contributed by atoms with Crippen molar-refractivity contribution < 1.29 is 51.5 Å². The molecule has 2 aromatic carbocycles. The molecular formula is C31H47N5O11S2. The van der Waals surface area contributed by atoms with Crippen molar-refractivity contribution in [3.05, 3.63) is 72.5 Å². The van der Waals surface area contributed by atoms with Crippen molar-refractivity contribution in [2.24, 2.45) is 17.2 Å². The molecule has 18 heteroatoms. The molecule has 274 valence electrons. The standard InChI is InChI=1S/C31H47N5O11S2/c1-31(40,18-37)29(36(2)49(43,44)21-11-7-4-8-12-21)25(38)17-45-28-24(35-48(41,42)20-9-5-3-6-10-20)15-23(34)27(26(28)39)47-30-22(33)14-13-19(16-32)46-30/h3-13,22-30,35,37-40H,14-18,32-34H2,1-2H3/t22-,23+,24-,25+,26+,27-,28+,29-,30-,31+/m1/s1. The Balaban J connectivity index is 1.63. The fourth-order valence-electron chi connectivity index (χ4n) is 6.05. The van der Waals surface area contributed by atoms with Gasteiger partial charge in [0.25, 0.3) is 0 Å². The minimum Gasteiger partial charge on any atom is -0.467 e. The molecule has 0 saturated heterocycles. The third-order valence-corrected chi connectivity index (χ3v) is 12.1. The first-order chi connectivity index (χ1) is 23.0. The van der Waals surface area contributed by atoms with E-state index in [0.29, 0.717) is 12.2 Å². The Morgan fingerprint density at radius 2 is 1.61 bits per heavy atom. The third-order valence-electron chi connectivity index (χ3n) is 8.70. The summed E-state index contributed by atoms with van der Waals surface area (Å²) in [6, 6.07) is 10.3. The molecule has 2 aliphatic rings. The maximum absolute atomic E-state index is 13.5. The Hall–Kier alpha value is -2.56. The average Bonchev–Trinajstić information content (AvgIpc) is 3.07. The topological polar surface area (TPSA) is 270 Å². The Bertz CT molecular complexity index is 1620. The molecule has 0 aromatic heterocycles. The van der Waals surface area contributed by atoms with E-state index in [-0.39, 0.29) is 22.8 Å². The van der Waals surface area contributed by atoms with Crippen LogP contribution < -0.4 is 21.9 Å². The molecular weight excluding hydrogens is 682 g/mol. The number of aliphatic hydroxyl groups excluding tert-OH is 3. The Morgan fingerprint density at radius 1 is 1.02 bits per heavy atom. The van der Waals surface area contributed by atoms with Crippen LogP contribution >= 0.6 is 0 Å². The van der Waals surface area contributed by atoms with Gasteiger partial charge in [-0.2, -0.15) is 4.31 Å². The van der Waals surface area contributed by atoms with Crippen molar-refractivity contribution >= 4 is 20.0 Å². The van der Waals surface area contributed by atoms with Crippen molar-refractivity contribution in [3.63, 3.8) is 0 Å². The number of hydrogen-bond donors (Lipinski definition) is 8. The lowest BCUT2D eigenvalue weighted by Gasteiger charge is -2.46. The molecule has 0 radical (unpaired) electrons. The van der Waals surface area contributed by atoms with Gasteiger partial charge in [0.2, 0.25) is 26.3 Å². The monoisotopic (exact) mass is 729 g/mol. The van der Waals surface area contributed by atoms with Gasteiger partial charge in [0, 0.05) is 13.1 Å². The predicted octanol–water partition coefficient (Wildman–Crippen LogP) is -2.09. The molecule has 1 heterocycles. The Labute approximate surface area is 286 Å². The Kier molecular flexibility index (Phi) is 13.0. The van der Waals surface area contributed by atoms with E-state index in [4.69, 9.17) is 31.4 Å². The summed E-state index contributed by atoms with van der Waals surface area (Å²) in [4.78, 5) is -0.197. The van der Waals surface area contributed by atoms with Gasteiger partial charge in [0.15, 0.2) is 0 Å². The van der Waals surface area contributed by atoms with Gasteiger partial charge in [-0.05, 0) is 50.1 Å². The molecule has 0 amide bonds. The van der Waals surface area contributed by atoms with Crippen LogP contribution in [0.5, 0.6) is 0 Å². The number of nitrogens with one attached hydrogen (secondary N) is 1. The van der Waals surface area contributed by atoms with Gasteiger partial charge in [0.05, 0.1) is 53.8 Å². The first-order valence-corrected chi connectivity index (χ1v) is 18.6. The lowest BCUT2D eigenvalue weighted by atomic mass is 9.84. The highest BCUT2D eigenvalue weighted by molar-refractivity contribution is 7.89. The smallest absolute Gasteiger partial charge is 0.243 e. The first-order valence-electron chi connectivity index (χ1n) is 15.7. The summed E-state index contributed by atoms with van der Waals surface area (Å²) >= 11 is 0. The second kappa shape index (κ2) is 16.2. The van der Waals surface area contributed by atoms with Crippen LogP contribution in [0.3, 0.4) is 0 Å². The third kappa shape index (κ3) is 9.03. The lowest BCUT2D eigenvalue weighted by molar-refractivity contribution is -0.226. The fourth-order valence-corrected chi connectivity index (χ4v) is 8.83. The van der Waals surface area contributed by atoms with E-state index in [1.807, 2.05) is 0 Å². The summed E-state index contributed by atoms with van der Waals surface area (Å²) in [7, 11) is -7.35. The van der Waals surface area contributed by atoms with Crippen LogP contribution in [-0.4, -0.2) is 129 Å². The molecule has 0 unspecified atom stereocenters. The number of nitrogens with two attached hydrogens (primary N) is 3. The second-order valence-corrected chi connectivity index (χ2v) is 16.2. The fraction of sp³-hybridized carbons (Fsp3) is 0.548. The molecule has 1 aliphatic heterocycles. The maximum Gasteiger partial charge on any atom is 0.243 e. The molecule has 4 rings (SSSR count). The zero-order valence-electron chi connectivity index (χ0n) is 27.2. The largest absolute Gasteiger partial charge is 0.467 e. The molecule has 11 N–H and O–H groups in total. The molecule has 0 bridgehead atoms. The SMILES string of the molecule is CN([C@H]([C@@H](O)CO[C@@H]1[C@@H](O)[C@H](O[C@H]2OC(CN)=CC[C@H]2N)[C@@H](N)C[C@H]1NS(=O)(=O)c1ccccc1)[C@@](C)(O)CO)S(=O)(=O)c1ccccc1. The van der Waals surface area contributed by atoms with Crippen LogP contribution in [0.15, 0.2) is 82.3 Å². The summed E-state index contributed by atoms with van der Waals surface area (Å²) < 4.78 is 74.7. The molecule has 0 spiro atoms. The lowest BCUT2D eigenvalue weighted by Crippen LogP contribution is -2.66. The molecule has 49 heavy (non-hydrogen) atoms. The number of nitrogens with zero attached hydrogens (tertiary/aromatic N) is 1. The molecule has 10 atom stereocenters. The summed E-state index contributed by atoms with van der Waals surface area (Å²) in [5.74, 6) is 0.423. The normalized spacial score (nSPS) is 29.0. The first kappa shape index (κ1) is 39.2. The van der Waals surface area contributed by atoms with Crippen LogP contribution in [0, 0.1) is 0 Å². The van der Waals surface area contributed by atoms with Crippen LogP contribution in [0.2, 0.25) is 0 Å². The zero-order chi connectivity index (χ0) is 36.1. The minimum absolute atomic E-state index is 0.0651. The Morgan fingerprint density at radius 3 is 2.18 bits per heavy atom. The second-order valence-electron chi connectivity index (χ2n) is 12.5. The number of benzene rings is 2. The molecule has 16 nitrogen and oxygen atoms in total. The van der Waals surface area contributed by atoms with Crippen LogP contribution in [0.4, 0.5) is 0 Å². The van der Waals surface area contributed by atoms with Crippen molar-refractivity contribution in [3.8, 4) is 0 Å². The van der Waals surface area contributed by atoms with Gasteiger partial charge in [0.1, 0.15) is 29.7 Å². The van der Waals surface area contributed by atoms with Gasteiger partial charge < -0.3 is 51.8 Å². The quantitative estimate of drug-likeness (QED) is 0.0977. The highest BCUT2D eigenvalue weighted by Gasteiger charge is 2.49. The van der Waals surface area contributed by atoms with E-state index in [2.05, 4.69) is 4.72 Å². The highest BCUT2D eigenvalue weighted by Crippen LogP contribution is 2.31. The number of hydrogen-bond acceptors (Lipinski definition) is 14. The van der Waals surface area contributed by atoms with Crippen molar-refractivity contribution in [2.45, 2.75) is 90.0 Å². The summed E-state index contributed by atoms with van der Waals surface area (Å²) in [6.07, 6.45) is -5.17. The number of likely N-dealkylation sites (N-methyl/N-ethyl adjacent to an activating group) is 1. The van der Waals surface area contributed by atoms with E-state index in [1.54, 1.807) is 18.2 Å². The van der Waals surface area contributed by atoms with Gasteiger partial charge in [-0.25, -0.2) is 21.6 Å². The van der Waals surface area contributed by atoms with Crippen molar-refractivity contribution in [1.82, 2.24) is 9.03 Å². The van der Waals surface area contributed by atoms with Gasteiger partial charge in [-0.1, -0.05) is 36.4 Å². The van der Waals surface area contributed by atoms with E-state index < -0.39 is 93.7 Å². The number of sulfonamides is 2. The van der Waals surface area contributed by atoms with E-state index in [9.17, 15) is 37.3 Å². The minimum atomic E-state index is -4.31. The van der Waals surface area contributed by atoms with E-state index in [0.717, 1.165) is 18.3 Å². The molecule has 1 aliphatic carbocycles. The number of aliphatic hydroxyl groups is 4. The maximum atomic E-state index is 13.5. The number of ether oxygens (including phenoxy) is 3. The summed E-state index contributed by atoms with van der Waals surface area (Å²) in [6.45, 7) is -0.459. The van der Waals surface area contributed by atoms with Gasteiger partial charge >= 0.3 is 0 Å². The van der Waals surface area contributed by atoms with Crippen molar-refractivity contribution in [2.75, 3.05) is 26.8 Å².